The monoisotopic (exact) mass is 270 g/mol. The van der Waals surface area contributed by atoms with Crippen molar-refractivity contribution in [2.75, 3.05) is 0 Å². The first-order valence-corrected chi connectivity index (χ1v) is 6.88. The average molecular weight is 270 g/mol. The molecule has 0 aliphatic heterocycles. The van der Waals surface area contributed by atoms with Gasteiger partial charge in [-0.3, -0.25) is 4.79 Å². The minimum absolute atomic E-state index is 0.0440. The summed E-state index contributed by atoms with van der Waals surface area (Å²) >= 11 is 0. The van der Waals surface area contributed by atoms with Crippen LogP contribution in [0.25, 0.3) is 11.4 Å². The van der Waals surface area contributed by atoms with Crippen molar-refractivity contribution in [3.63, 3.8) is 0 Å². The Hall–Kier alpha value is -2.14. The Kier molecular flexibility index (Phi) is 3.52. The van der Waals surface area contributed by atoms with Crippen LogP contribution >= 0.6 is 0 Å². The number of nitrogens with two attached hydrogens (primary N) is 1. The average Bonchev–Trinajstić information content (AvgIpc) is 3.11. The van der Waals surface area contributed by atoms with E-state index in [9.17, 15) is 4.79 Å². The highest BCUT2D eigenvalue weighted by Gasteiger charge is 2.23. The normalized spacial score (nSPS) is 21.9. The van der Waals surface area contributed by atoms with Crippen molar-refractivity contribution >= 4 is 5.91 Å². The van der Waals surface area contributed by atoms with Gasteiger partial charge in [-0.1, -0.05) is 12.1 Å². The maximum Gasteiger partial charge on any atom is 0.251 e. The Morgan fingerprint density at radius 1 is 1.40 bits per heavy atom. The number of nitrogens with zero attached hydrogens (tertiary/aromatic N) is 1. The fraction of sp³-hybridized carbons (Fsp3) is 0.333. The molecule has 1 aliphatic rings. The summed E-state index contributed by atoms with van der Waals surface area (Å²) in [5.74, 6) is 0.722. The van der Waals surface area contributed by atoms with E-state index in [4.69, 9.17) is 5.73 Å². The largest absolute Gasteiger partial charge is 0.349 e. The lowest BCUT2D eigenvalue weighted by Gasteiger charge is -2.12. The molecule has 0 saturated heterocycles. The third-order valence-electron chi connectivity index (χ3n) is 3.70. The number of rotatable bonds is 3. The highest BCUT2D eigenvalue weighted by atomic mass is 16.1. The minimum atomic E-state index is -0.0440. The molecule has 1 aromatic heterocycles. The predicted octanol–water partition coefficient (Wildman–Crippen LogP) is 1.69. The van der Waals surface area contributed by atoms with E-state index < -0.39 is 0 Å². The maximum atomic E-state index is 12.2. The van der Waals surface area contributed by atoms with Crippen LogP contribution in [0, 0.1) is 0 Å². The molecule has 0 bridgehead atoms. The van der Waals surface area contributed by atoms with Gasteiger partial charge in [-0.25, -0.2) is 4.98 Å². The van der Waals surface area contributed by atoms with Gasteiger partial charge in [0.05, 0.1) is 0 Å². The van der Waals surface area contributed by atoms with Crippen molar-refractivity contribution in [1.82, 2.24) is 15.3 Å². The molecular formula is C15H18N4O. The number of aromatic nitrogens is 2. The van der Waals surface area contributed by atoms with Gasteiger partial charge in [0.2, 0.25) is 0 Å². The zero-order valence-electron chi connectivity index (χ0n) is 11.2. The SMILES string of the molecule is N[C@H]1CC[C@H](NC(=O)c2cccc(-c3ncc[nH]3)c2)C1. The third-order valence-corrected chi connectivity index (χ3v) is 3.70. The van der Waals surface area contributed by atoms with Gasteiger partial charge in [0.15, 0.2) is 0 Å². The van der Waals surface area contributed by atoms with Gasteiger partial charge >= 0.3 is 0 Å². The van der Waals surface area contributed by atoms with Crippen LogP contribution in [0.15, 0.2) is 36.7 Å². The predicted molar refractivity (Wildman–Crippen MR) is 77.1 cm³/mol. The molecular weight excluding hydrogens is 252 g/mol. The molecule has 0 radical (unpaired) electrons. The molecule has 2 atom stereocenters. The molecule has 1 saturated carbocycles. The number of carbonyl (C=O) groups excluding carboxylic acids is 1. The van der Waals surface area contributed by atoms with Crippen LogP contribution in [0.4, 0.5) is 0 Å². The first kappa shape index (κ1) is 12.9. The molecule has 1 aromatic carbocycles. The van der Waals surface area contributed by atoms with Crippen molar-refractivity contribution < 1.29 is 4.79 Å². The molecule has 2 aromatic rings. The van der Waals surface area contributed by atoms with Crippen LogP contribution in [0.3, 0.4) is 0 Å². The van der Waals surface area contributed by atoms with Crippen LogP contribution < -0.4 is 11.1 Å². The Labute approximate surface area is 117 Å². The second-order valence-electron chi connectivity index (χ2n) is 5.26. The molecule has 20 heavy (non-hydrogen) atoms. The Morgan fingerprint density at radius 2 is 2.30 bits per heavy atom. The molecule has 1 heterocycles. The maximum absolute atomic E-state index is 12.2. The smallest absolute Gasteiger partial charge is 0.251 e. The van der Waals surface area contributed by atoms with Crippen molar-refractivity contribution in [3.05, 3.63) is 42.2 Å². The van der Waals surface area contributed by atoms with E-state index in [2.05, 4.69) is 15.3 Å². The quantitative estimate of drug-likeness (QED) is 0.793. The summed E-state index contributed by atoms with van der Waals surface area (Å²) in [7, 11) is 0. The minimum Gasteiger partial charge on any atom is -0.349 e. The molecule has 0 spiro atoms. The van der Waals surface area contributed by atoms with Crippen molar-refractivity contribution in [3.8, 4) is 11.4 Å². The van der Waals surface area contributed by atoms with Gasteiger partial charge in [-0.2, -0.15) is 0 Å². The summed E-state index contributed by atoms with van der Waals surface area (Å²) in [6.45, 7) is 0. The number of hydrogen-bond acceptors (Lipinski definition) is 3. The number of H-pyrrole nitrogens is 1. The molecule has 1 fully saturated rings. The molecule has 5 heteroatoms. The number of aromatic amines is 1. The summed E-state index contributed by atoms with van der Waals surface area (Å²) in [5, 5.41) is 3.05. The summed E-state index contributed by atoms with van der Waals surface area (Å²) in [5.41, 5.74) is 7.42. The molecule has 1 amide bonds. The number of carbonyl (C=O) groups is 1. The standard InChI is InChI=1S/C15H18N4O/c16-12-4-5-13(9-12)19-15(20)11-3-1-2-10(8-11)14-17-6-7-18-14/h1-3,6-8,12-13H,4-5,9,16H2,(H,17,18)(H,19,20)/t12-,13-/m0/s1. The molecule has 4 N–H and O–H groups in total. The van der Waals surface area contributed by atoms with E-state index in [1.165, 1.54) is 0 Å². The number of amides is 1. The van der Waals surface area contributed by atoms with Crippen LogP contribution in [0.2, 0.25) is 0 Å². The van der Waals surface area contributed by atoms with Crippen LogP contribution in [-0.2, 0) is 0 Å². The highest BCUT2D eigenvalue weighted by molar-refractivity contribution is 5.95. The number of benzene rings is 1. The second-order valence-corrected chi connectivity index (χ2v) is 5.26. The lowest BCUT2D eigenvalue weighted by Crippen LogP contribution is -2.34. The van der Waals surface area contributed by atoms with Gasteiger partial charge in [0, 0.05) is 35.6 Å². The van der Waals surface area contributed by atoms with E-state index in [0.717, 1.165) is 30.7 Å². The van der Waals surface area contributed by atoms with E-state index in [-0.39, 0.29) is 18.0 Å². The zero-order valence-corrected chi connectivity index (χ0v) is 11.2. The number of hydrogen-bond donors (Lipinski definition) is 3. The third kappa shape index (κ3) is 2.72. The molecule has 0 unspecified atom stereocenters. The van der Waals surface area contributed by atoms with Gasteiger partial charge in [0.1, 0.15) is 5.82 Å². The van der Waals surface area contributed by atoms with E-state index >= 15 is 0 Å². The lowest BCUT2D eigenvalue weighted by molar-refractivity contribution is 0.0938. The van der Waals surface area contributed by atoms with Crippen molar-refractivity contribution in [2.45, 2.75) is 31.3 Å². The summed E-state index contributed by atoms with van der Waals surface area (Å²) in [6, 6.07) is 7.88. The fourth-order valence-corrected chi connectivity index (χ4v) is 2.65. The topological polar surface area (TPSA) is 83.8 Å². The van der Waals surface area contributed by atoms with E-state index in [1.807, 2.05) is 24.3 Å². The lowest BCUT2D eigenvalue weighted by atomic mass is 10.1. The highest BCUT2D eigenvalue weighted by Crippen LogP contribution is 2.19. The molecule has 104 valence electrons. The van der Waals surface area contributed by atoms with E-state index in [1.54, 1.807) is 12.4 Å². The van der Waals surface area contributed by atoms with Crippen molar-refractivity contribution in [2.24, 2.45) is 5.73 Å². The molecule has 1 aliphatic carbocycles. The van der Waals surface area contributed by atoms with Gasteiger partial charge < -0.3 is 16.0 Å². The second kappa shape index (κ2) is 5.46. The Bertz CT molecular complexity index is 594. The summed E-state index contributed by atoms with van der Waals surface area (Å²) < 4.78 is 0. The first-order chi connectivity index (χ1) is 9.72. The zero-order chi connectivity index (χ0) is 13.9. The van der Waals surface area contributed by atoms with Gasteiger partial charge in [0.25, 0.3) is 5.91 Å². The van der Waals surface area contributed by atoms with Crippen LogP contribution in [0.1, 0.15) is 29.6 Å². The molecule has 3 rings (SSSR count). The summed E-state index contributed by atoms with van der Waals surface area (Å²) in [4.78, 5) is 19.5. The first-order valence-electron chi connectivity index (χ1n) is 6.88. The van der Waals surface area contributed by atoms with Crippen LogP contribution in [0.5, 0.6) is 0 Å². The number of imidazole rings is 1. The Morgan fingerprint density at radius 3 is 3.00 bits per heavy atom. The van der Waals surface area contributed by atoms with Crippen LogP contribution in [-0.4, -0.2) is 28.0 Å². The molecule has 5 nitrogen and oxygen atoms in total. The fourth-order valence-electron chi connectivity index (χ4n) is 2.65. The van der Waals surface area contributed by atoms with E-state index in [0.29, 0.717) is 5.56 Å². The van der Waals surface area contributed by atoms with Gasteiger partial charge in [-0.15, -0.1) is 0 Å². The number of nitrogens with one attached hydrogen (secondary N) is 2. The van der Waals surface area contributed by atoms with Gasteiger partial charge in [-0.05, 0) is 31.4 Å². The Balaban J connectivity index is 1.73. The van der Waals surface area contributed by atoms with Crippen molar-refractivity contribution in [1.29, 1.82) is 0 Å². The summed E-state index contributed by atoms with van der Waals surface area (Å²) in [6.07, 6.45) is 6.27.